The summed E-state index contributed by atoms with van der Waals surface area (Å²) in [6, 6.07) is 0. The van der Waals surface area contributed by atoms with Gasteiger partial charge in [0.15, 0.2) is 5.13 Å². The molecule has 20 heavy (non-hydrogen) atoms. The second kappa shape index (κ2) is 5.69. The summed E-state index contributed by atoms with van der Waals surface area (Å²) < 4.78 is 4.79. The number of aryl methyl sites for hydroxylation is 1. The molecule has 1 aliphatic carbocycles. The first kappa shape index (κ1) is 15.3. The van der Waals surface area contributed by atoms with Crippen molar-refractivity contribution in [1.82, 2.24) is 9.88 Å². The van der Waals surface area contributed by atoms with Crippen molar-refractivity contribution in [2.24, 2.45) is 0 Å². The number of likely N-dealkylation sites (N-methyl/N-ethyl adjacent to an activating group) is 2. The van der Waals surface area contributed by atoms with E-state index >= 15 is 0 Å². The molecule has 1 aliphatic rings. The van der Waals surface area contributed by atoms with E-state index in [9.17, 15) is 4.79 Å². The molecule has 2 rings (SSSR count). The van der Waals surface area contributed by atoms with Gasteiger partial charge in [-0.3, -0.25) is 0 Å². The number of anilines is 1. The van der Waals surface area contributed by atoms with E-state index in [4.69, 9.17) is 4.74 Å². The Morgan fingerprint density at radius 2 is 2.05 bits per heavy atom. The highest BCUT2D eigenvalue weighted by Gasteiger charge is 2.40. The fraction of sp³-hybridized carbons (Fsp3) is 0.714. The third-order valence-corrected chi connectivity index (χ3v) is 5.50. The van der Waals surface area contributed by atoms with E-state index in [1.54, 1.807) is 0 Å². The summed E-state index contributed by atoms with van der Waals surface area (Å²) in [4.78, 5) is 21.2. The first-order valence-corrected chi connectivity index (χ1v) is 7.65. The Labute approximate surface area is 124 Å². The summed E-state index contributed by atoms with van der Waals surface area (Å²) in [6.07, 6.45) is 3.73. The second-order valence-electron chi connectivity index (χ2n) is 5.73. The van der Waals surface area contributed by atoms with Crippen LogP contribution in [0.5, 0.6) is 0 Å². The van der Waals surface area contributed by atoms with Gasteiger partial charge in [-0.15, -0.1) is 0 Å². The number of methoxy groups -OCH3 is 1. The normalized spacial score (nSPS) is 16.9. The standard InChI is InChI=1S/C14H23N3O2S/c1-10-11(12(18)19-5)20-13(15-10)17(4)9-14(16(2)3)7-6-8-14/h6-9H2,1-5H3. The lowest BCUT2D eigenvalue weighted by Gasteiger charge is -2.49. The average Bonchev–Trinajstić information content (AvgIpc) is 2.74. The number of nitrogens with zero attached hydrogens (tertiary/aromatic N) is 3. The molecule has 0 saturated heterocycles. The minimum absolute atomic E-state index is 0.250. The lowest BCUT2D eigenvalue weighted by molar-refractivity contribution is 0.0605. The topological polar surface area (TPSA) is 45.7 Å². The van der Waals surface area contributed by atoms with Gasteiger partial charge in [0.1, 0.15) is 4.88 Å². The molecule has 1 aromatic rings. The van der Waals surface area contributed by atoms with Crippen LogP contribution >= 0.6 is 11.3 Å². The Hall–Kier alpha value is -1.14. The SMILES string of the molecule is COC(=O)c1sc(N(C)CC2(N(C)C)CCC2)nc1C. The molecule has 0 bridgehead atoms. The zero-order valence-corrected chi connectivity index (χ0v) is 13.7. The van der Waals surface area contributed by atoms with Crippen molar-refractivity contribution in [1.29, 1.82) is 0 Å². The number of ether oxygens (including phenoxy) is 1. The number of aromatic nitrogens is 1. The van der Waals surface area contributed by atoms with E-state index in [-0.39, 0.29) is 11.5 Å². The number of carbonyl (C=O) groups excluding carboxylic acids is 1. The third-order valence-electron chi connectivity index (χ3n) is 4.25. The number of hydrogen-bond donors (Lipinski definition) is 0. The molecular formula is C14H23N3O2S. The van der Waals surface area contributed by atoms with Crippen LogP contribution in [0.1, 0.15) is 34.6 Å². The van der Waals surface area contributed by atoms with Crippen LogP contribution in [0.25, 0.3) is 0 Å². The smallest absolute Gasteiger partial charge is 0.350 e. The molecule has 1 fully saturated rings. The molecular weight excluding hydrogens is 274 g/mol. The lowest BCUT2D eigenvalue weighted by atomic mass is 9.75. The van der Waals surface area contributed by atoms with Gasteiger partial charge in [0.25, 0.3) is 0 Å². The van der Waals surface area contributed by atoms with Gasteiger partial charge in [0.05, 0.1) is 12.8 Å². The van der Waals surface area contributed by atoms with Gasteiger partial charge in [-0.25, -0.2) is 9.78 Å². The van der Waals surface area contributed by atoms with Crippen molar-refractivity contribution >= 4 is 22.4 Å². The highest BCUT2D eigenvalue weighted by molar-refractivity contribution is 7.17. The number of rotatable bonds is 5. The summed E-state index contributed by atoms with van der Waals surface area (Å²) in [5, 5.41) is 0.885. The number of thiazole rings is 1. The lowest BCUT2D eigenvalue weighted by Crippen LogP contribution is -2.56. The molecule has 112 valence electrons. The monoisotopic (exact) mass is 297 g/mol. The van der Waals surface area contributed by atoms with Gasteiger partial charge in [-0.1, -0.05) is 11.3 Å². The van der Waals surface area contributed by atoms with E-state index in [0.29, 0.717) is 4.88 Å². The van der Waals surface area contributed by atoms with Crippen LogP contribution in [0, 0.1) is 6.92 Å². The molecule has 1 aromatic heterocycles. The van der Waals surface area contributed by atoms with E-state index in [2.05, 4.69) is 28.9 Å². The highest BCUT2D eigenvalue weighted by Crippen LogP contribution is 2.38. The quantitative estimate of drug-likeness (QED) is 0.779. The van der Waals surface area contributed by atoms with Gasteiger partial charge >= 0.3 is 5.97 Å². The van der Waals surface area contributed by atoms with Crippen molar-refractivity contribution in [2.45, 2.75) is 31.7 Å². The molecule has 0 aliphatic heterocycles. The van der Waals surface area contributed by atoms with E-state index in [0.717, 1.165) is 17.4 Å². The van der Waals surface area contributed by atoms with Crippen molar-refractivity contribution in [3.63, 3.8) is 0 Å². The summed E-state index contributed by atoms with van der Waals surface area (Å²) in [5.74, 6) is -0.300. The summed E-state index contributed by atoms with van der Waals surface area (Å²) in [7, 11) is 7.73. The van der Waals surface area contributed by atoms with Gasteiger partial charge in [-0.05, 0) is 40.3 Å². The molecule has 1 saturated carbocycles. The fourth-order valence-electron chi connectivity index (χ4n) is 2.67. The molecule has 0 atom stereocenters. The Kier molecular flexibility index (Phi) is 4.34. The zero-order valence-electron chi connectivity index (χ0n) is 12.9. The summed E-state index contributed by atoms with van der Waals surface area (Å²) in [5.41, 5.74) is 0.996. The summed E-state index contributed by atoms with van der Waals surface area (Å²) >= 11 is 1.41. The molecule has 0 amide bonds. The maximum Gasteiger partial charge on any atom is 0.350 e. The Balaban J connectivity index is 2.13. The van der Waals surface area contributed by atoms with E-state index < -0.39 is 0 Å². The molecule has 0 N–H and O–H groups in total. The number of carbonyl (C=O) groups is 1. The highest BCUT2D eigenvalue weighted by atomic mass is 32.1. The summed E-state index contributed by atoms with van der Waals surface area (Å²) in [6.45, 7) is 2.79. The minimum Gasteiger partial charge on any atom is -0.465 e. The Bertz CT molecular complexity index is 495. The Morgan fingerprint density at radius 3 is 2.50 bits per heavy atom. The van der Waals surface area contributed by atoms with Gasteiger partial charge in [0, 0.05) is 19.1 Å². The van der Waals surface area contributed by atoms with Crippen LogP contribution in [0.4, 0.5) is 5.13 Å². The zero-order chi connectivity index (χ0) is 14.9. The van der Waals surface area contributed by atoms with E-state index in [1.807, 2.05) is 14.0 Å². The molecule has 1 heterocycles. The number of esters is 1. The second-order valence-corrected chi connectivity index (χ2v) is 6.71. The first-order valence-electron chi connectivity index (χ1n) is 6.84. The Morgan fingerprint density at radius 1 is 1.40 bits per heavy atom. The molecule has 5 nitrogen and oxygen atoms in total. The maximum atomic E-state index is 11.7. The van der Waals surface area contributed by atoms with Crippen LogP contribution in [0.3, 0.4) is 0 Å². The van der Waals surface area contributed by atoms with Crippen LogP contribution < -0.4 is 4.90 Å². The molecule has 0 spiro atoms. The largest absolute Gasteiger partial charge is 0.465 e. The van der Waals surface area contributed by atoms with Gasteiger partial charge in [0.2, 0.25) is 0 Å². The molecule has 0 aromatic carbocycles. The molecule has 0 radical (unpaired) electrons. The fourth-order valence-corrected chi connectivity index (χ4v) is 3.61. The predicted octanol–water partition coefficient (Wildman–Crippen LogP) is 2.16. The first-order chi connectivity index (χ1) is 9.39. The maximum absolute atomic E-state index is 11.7. The minimum atomic E-state index is -0.300. The van der Waals surface area contributed by atoms with Crippen LogP contribution in [-0.2, 0) is 4.74 Å². The average molecular weight is 297 g/mol. The third kappa shape index (κ3) is 2.67. The van der Waals surface area contributed by atoms with Crippen LogP contribution in [0.15, 0.2) is 0 Å². The van der Waals surface area contributed by atoms with Gasteiger partial charge < -0.3 is 14.5 Å². The van der Waals surface area contributed by atoms with Gasteiger partial charge in [-0.2, -0.15) is 0 Å². The van der Waals surface area contributed by atoms with Crippen LogP contribution in [0.2, 0.25) is 0 Å². The number of hydrogen-bond acceptors (Lipinski definition) is 6. The molecule has 0 unspecified atom stereocenters. The van der Waals surface area contributed by atoms with Crippen molar-refractivity contribution in [3.8, 4) is 0 Å². The predicted molar refractivity (Wildman–Crippen MR) is 81.7 cm³/mol. The molecule has 6 heteroatoms. The van der Waals surface area contributed by atoms with E-state index in [1.165, 1.54) is 37.7 Å². The van der Waals surface area contributed by atoms with Crippen molar-refractivity contribution in [2.75, 3.05) is 39.7 Å². The van der Waals surface area contributed by atoms with Crippen molar-refractivity contribution < 1.29 is 9.53 Å². The van der Waals surface area contributed by atoms with Crippen LogP contribution in [-0.4, -0.2) is 56.2 Å². The van der Waals surface area contributed by atoms with Crippen molar-refractivity contribution in [3.05, 3.63) is 10.6 Å².